The van der Waals surface area contributed by atoms with Crippen LogP contribution in [0.5, 0.6) is 11.5 Å². The number of para-hydroxylation sites is 1. The quantitative estimate of drug-likeness (QED) is 0.778. The van der Waals surface area contributed by atoms with Crippen LogP contribution >= 0.6 is 15.9 Å². The second-order valence-electron chi connectivity index (χ2n) is 4.26. The van der Waals surface area contributed by atoms with Crippen molar-refractivity contribution in [2.45, 2.75) is 6.42 Å². The number of rotatable bonds is 5. The monoisotopic (exact) mass is 334 g/mol. The molecule has 4 heteroatoms. The second kappa shape index (κ2) is 6.57. The number of benzene rings is 2. The lowest BCUT2D eigenvalue weighted by Gasteiger charge is -2.09. The van der Waals surface area contributed by atoms with Crippen LogP contribution in [-0.4, -0.2) is 20.0 Å². The standard InChI is InChI=1S/C16H15BrO3/c1-19-12-7-8-14(17)13(10-12)15(18)9-11-5-3-4-6-16(11)20-2/h3-8,10H,9H2,1-2H3. The molecule has 0 aliphatic rings. The van der Waals surface area contributed by atoms with Crippen LogP contribution in [0.4, 0.5) is 0 Å². The minimum atomic E-state index is 0.0141. The van der Waals surface area contributed by atoms with E-state index in [-0.39, 0.29) is 12.2 Å². The third-order valence-electron chi connectivity index (χ3n) is 3.02. The molecule has 0 saturated carbocycles. The summed E-state index contributed by atoms with van der Waals surface area (Å²) in [5.41, 5.74) is 1.48. The Morgan fingerprint density at radius 1 is 1.10 bits per heavy atom. The number of carbonyl (C=O) groups excluding carboxylic acids is 1. The molecule has 0 bridgehead atoms. The molecule has 0 aromatic heterocycles. The smallest absolute Gasteiger partial charge is 0.168 e. The van der Waals surface area contributed by atoms with Gasteiger partial charge in [-0.25, -0.2) is 0 Å². The Kier molecular flexibility index (Phi) is 4.79. The van der Waals surface area contributed by atoms with Crippen LogP contribution in [-0.2, 0) is 6.42 Å². The Hall–Kier alpha value is -1.81. The molecule has 0 unspecified atom stereocenters. The predicted molar refractivity (Wildman–Crippen MR) is 81.7 cm³/mol. The fourth-order valence-electron chi connectivity index (χ4n) is 1.96. The first-order valence-corrected chi connectivity index (χ1v) is 6.93. The number of ketones is 1. The summed E-state index contributed by atoms with van der Waals surface area (Å²) in [7, 11) is 3.18. The number of Topliss-reactive ketones (excluding diaryl/α,β-unsaturated/α-hetero) is 1. The van der Waals surface area contributed by atoms with Gasteiger partial charge in [0.1, 0.15) is 11.5 Å². The molecule has 0 aliphatic heterocycles. The minimum absolute atomic E-state index is 0.0141. The van der Waals surface area contributed by atoms with Crippen molar-refractivity contribution in [3.8, 4) is 11.5 Å². The van der Waals surface area contributed by atoms with Crippen LogP contribution in [0.2, 0.25) is 0 Å². The van der Waals surface area contributed by atoms with E-state index in [1.165, 1.54) is 0 Å². The van der Waals surface area contributed by atoms with Gasteiger partial charge in [0, 0.05) is 22.0 Å². The molecule has 0 amide bonds. The van der Waals surface area contributed by atoms with Crippen molar-refractivity contribution in [1.82, 2.24) is 0 Å². The van der Waals surface area contributed by atoms with Gasteiger partial charge in [0.05, 0.1) is 14.2 Å². The molecule has 0 saturated heterocycles. The average molecular weight is 335 g/mol. The van der Waals surface area contributed by atoms with Gasteiger partial charge in [-0.2, -0.15) is 0 Å². The van der Waals surface area contributed by atoms with Crippen LogP contribution in [0.25, 0.3) is 0 Å². The van der Waals surface area contributed by atoms with E-state index in [4.69, 9.17) is 9.47 Å². The molecule has 0 fully saturated rings. The third kappa shape index (κ3) is 3.20. The average Bonchev–Trinajstić information content (AvgIpc) is 2.48. The zero-order valence-corrected chi connectivity index (χ0v) is 12.9. The van der Waals surface area contributed by atoms with E-state index in [1.807, 2.05) is 36.4 Å². The van der Waals surface area contributed by atoms with Gasteiger partial charge in [0.15, 0.2) is 5.78 Å². The van der Waals surface area contributed by atoms with Crippen LogP contribution in [0.3, 0.4) is 0 Å². The molecule has 20 heavy (non-hydrogen) atoms. The highest BCUT2D eigenvalue weighted by Crippen LogP contribution is 2.25. The summed E-state index contributed by atoms with van der Waals surface area (Å²) in [6.45, 7) is 0. The lowest BCUT2D eigenvalue weighted by Crippen LogP contribution is -2.06. The maximum atomic E-state index is 12.4. The highest BCUT2D eigenvalue weighted by molar-refractivity contribution is 9.10. The Labute approximate surface area is 126 Å². The van der Waals surface area contributed by atoms with Crippen LogP contribution in [0.1, 0.15) is 15.9 Å². The minimum Gasteiger partial charge on any atom is -0.497 e. The molecule has 2 rings (SSSR count). The summed E-state index contributed by atoms with van der Waals surface area (Å²) < 4.78 is 11.2. The van der Waals surface area contributed by atoms with Crippen molar-refractivity contribution >= 4 is 21.7 Å². The lowest BCUT2D eigenvalue weighted by atomic mass is 10.0. The molecule has 2 aromatic rings. The highest BCUT2D eigenvalue weighted by atomic mass is 79.9. The highest BCUT2D eigenvalue weighted by Gasteiger charge is 2.14. The summed E-state index contributed by atoms with van der Waals surface area (Å²) in [6, 6.07) is 12.9. The summed E-state index contributed by atoms with van der Waals surface area (Å²) in [4.78, 5) is 12.4. The summed E-state index contributed by atoms with van der Waals surface area (Å²) >= 11 is 3.40. The van der Waals surface area contributed by atoms with Crippen LogP contribution in [0, 0.1) is 0 Å². The van der Waals surface area contributed by atoms with Gasteiger partial charge in [-0.15, -0.1) is 0 Å². The summed E-state index contributed by atoms with van der Waals surface area (Å²) in [6.07, 6.45) is 0.287. The van der Waals surface area contributed by atoms with Gasteiger partial charge in [0.25, 0.3) is 0 Å². The van der Waals surface area contributed by atoms with Crippen molar-refractivity contribution in [2.75, 3.05) is 14.2 Å². The van der Waals surface area contributed by atoms with Crippen molar-refractivity contribution in [2.24, 2.45) is 0 Å². The first kappa shape index (κ1) is 14.6. The fourth-order valence-corrected chi connectivity index (χ4v) is 2.43. The Morgan fingerprint density at radius 2 is 1.85 bits per heavy atom. The van der Waals surface area contributed by atoms with E-state index in [1.54, 1.807) is 20.3 Å². The van der Waals surface area contributed by atoms with E-state index >= 15 is 0 Å². The molecule has 0 heterocycles. The molecule has 104 valence electrons. The van der Waals surface area contributed by atoms with E-state index < -0.39 is 0 Å². The molecule has 3 nitrogen and oxygen atoms in total. The number of ether oxygens (including phenoxy) is 2. The molecule has 0 spiro atoms. The molecule has 0 aliphatic carbocycles. The number of methoxy groups -OCH3 is 2. The normalized spacial score (nSPS) is 10.2. The van der Waals surface area contributed by atoms with Gasteiger partial charge in [-0.1, -0.05) is 34.1 Å². The molecular formula is C16H15BrO3. The number of halogens is 1. The van der Waals surface area contributed by atoms with Gasteiger partial charge in [-0.3, -0.25) is 4.79 Å². The molecule has 2 aromatic carbocycles. The van der Waals surface area contributed by atoms with Gasteiger partial charge in [0.2, 0.25) is 0 Å². The first-order valence-electron chi connectivity index (χ1n) is 6.14. The zero-order chi connectivity index (χ0) is 14.5. The topological polar surface area (TPSA) is 35.5 Å². The number of hydrogen-bond donors (Lipinski definition) is 0. The van der Waals surface area contributed by atoms with Crippen molar-refractivity contribution in [3.63, 3.8) is 0 Å². The molecule has 0 radical (unpaired) electrons. The first-order chi connectivity index (χ1) is 9.65. The van der Waals surface area contributed by atoms with Crippen molar-refractivity contribution in [3.05, 3.63) is 58.1 Å². The largest absolute Gasteiger partial charge is 0.497 e. The number of carbonyl (C=O) groups is 1. The second-order valence-corrected chi connectivity index (χ2v) is 5.11. The SMILES string of the molecule is COc1ccc(Br)c(C(=O)Cc2ccccc2OC)c1. The lowest BCUT2D eigenvalue weighted by molar-refractivity contribution is 0.0991. The molecule has 0 N–H and O–H groups in total. The van der Waals surface area contributed by atoms with E-state index in [0.29, 0.717) is 11.3 Å². The van der Waals surface area contributed by atoms with E-state index in [2.05, 4.69) is 15.9 Å². The summed E-state index contributed by atoms with van der Waals surface area (Å²) in [5, 5.41) is 0. The van der Waals surface area contributed by atoms with Gasteiger partial charge >= 0.3 is 0 Å². The Bertz CT molecular complexity index is 623. The Balaban J connectivity index is 2.28. The molecular weight excluding hydrogens is 320 g/mol. The fraction of sp³-hybridized carbons (Fsp3) is 0.188. The molecule has 0 atom stereocenters. The van der Waals surface area contributed by atoms with E-state index in [9.17, 15) is 4.79 Å². The zero-order valence-electron chi connectivity index (χ0n) is 11.4. The van der Waals surface area contributed by atoms with Crippen LogP contribution < -0.4 is 9.47 Å². The van der Waals surface area contributed by atoms with Gasteiger partial charge in [-0.05, 0) is 24.3 Å². The predicted octanol–water partition coefficient (Wildman–Crippen LogP) is 3.89. The Morgan fingerprint density at radius 3 is 2.55 bits per heavy atom. The van der Waals surface area contributed by atoms with Crippen molar-refractivity contribution in [1.29, 1.82) is 0 Å². The summed E-state index contributed by atoms with van der Waals surface area (Å²) in [5.74, 6) is 1.40. The van der Waals surface area contributed by atoms with Crippen LogP contribution in [0.15, 0.2) is 46.9 Å². The maximum absolute atomic E-state index is 12.4. The van der Waals surface area contributed by atoms with Crippen molar-refractivity contribution < 1.29 is 14.3 Å². The van der Waals surface area contributed by atoms with Gasteiger partial charge < -0.3 is 9.47 Å². The maximum Gasteiger partial charge on any atom is 0.168 e. The van der Waals surface area contributed by atoms with E-state index in [0.717, 1.165) is 15.8 Å². The number of hydrogen-bond acceptors (Lipinski definition) is 3. The third-order valence-corrected chi connectivity index (χ3v) is 3.71.